The van der Waals surface area contributed by atoms with Crippen molar-refractivity contribution in [3.63, 3.8) is 0 Å². The molecule has 0 aromatic heterocycles. The highest BCUT2D eigenvalue weighted by molar-refractivity contribution is 6.06. The predicted octanol–water partition coefficient (Wildman–Crippen LogP) is 4.67. The predicted molar refractivity (Wildman–Crippen MR) is 88.1 cm³/mol. The van der Waals surface area contributed by atoms with Crippen LogP contribution in [0.25, 0.3) is 0 Å². The zero-order valence-corrected chi connectivity index (χ0v) is 13.7. The van der Waals surface area contributed by atoms with Gasteiger partial charge in [0.05, 0.1) is 12.7 Å². The van der Waals surface area contributed by atoms with Crippen LogP contribution in [0.3, 0.4) is 0 Å². The van der Waals surface area contributed by atoms with E-state index in [0.29, 0.717) is 11.6 Å². The highest BCUT2D eigenvalue weighted by Crippen LogP contribution is 2.33. The molecule has 6 heteroatoms. The van der Waals surface area contributed by atoms with Crippen molar-refractivity contribution in [3.05, 3.63) is 53.6 Å². The molecular weight excluding hydrogens is 316 g/mol. The number of hydrogen-bond donors (Lipinski definition) is 1. The summed E-state index contributed by atoms with van der Waals surface area (Å²) in [5, 5.41) is 2.70. The average molecular weight is 335 g/mol. The van der Waals surface area contributed by atoms with E-state index in [0.717, 1.165) is 5.56 Å². The molecule has 0 radical (unpaired) electrons. The van der Waals surface area contributed by atoms with Gasteiger partial charge < -0.3 is 14.8 Å². The molecule has 2 rings (SSSR count). The molecule has 2 aromatic rings. The maximum atomic E-state index is 12.6. The molecule has 0 aliphatic rings. The number of halogens is 2. The van der Waals surface area contributed by atoms with Crippen molar-refractivity contribution in [2.75, 3.05) is 12.4 Å². The van der Waals surface area contributed by atoms with Crippen molar-refractivity contribution in [2.45, 2.75) is 26.4 Å². The van der Waals surface area contributed by atoms with E-state index in [1.165, 1.54) is 25.3 Å². The first kappa shape index (κ1) is 17.7. The Balaban J connectivity index is 2.31. The van der Waals surface area contributed by atoms with Crippen molar-refractivity contribution in [1.29, 1.82) is 0 Å². The van der Waals surface area contributed by atoms with E-state index in [1.54, 1.807) is 6.07 Å². The molecule has 0 fully saturated rings. The number of para-hydroxylation sites is 1. The summed E-state index contributed by atoms with van der Waals surface area (Å²) in [7, 11) is 1.32. The molecule has 24 heavy (non-hydrogen) atoms. The van der Waals surface area contributed by atoms with E-state index in [2.05, 4.69) is 10.1 Å². The van der Waals surface area contributed by atoms with Gasteiger partial charge in [0.15, 0.2) is 11.5 Å². The second-order valence-electron chi connectivity index (χ2n) is 5.45. The van der Waals surface area contributed by atoms with Crippen LogP contribution in [0, 0.1) is 0 Å². The summed E-state index contributed by atoms with van der Waals surface area (Å²) in [6, 6.07) is 11.8. The van der Waals surface area contributed by atoms with Gasteiger partial charge in [0.2, 0.25) is 0 Å². The van der Waals surface area contributed by atoms with Crippen molar-refractivity contribution < 1.29 is 23.0 Å². The number of carbonyl (C=O) groups excluding carboxylic acids is 1. The van der Waals surface area contributed by atoms with Gasteiger partial charge >= 0.3 is 6.61 Å². The molecule has 0 unspecified atom stereocenters. The minimum Gasteiger partial charge on any atom is -0.493 e. The van der Waals surface area contributed by atoms with Crippen molar-refractivity contribution in [2.24, 2.45) is 0 Å². The van der Waals surface area contributed by atoms with Crippen LogP contribution < -0.4 is 14.8 Å². The Morgan fingerprint density at radius 2 is 1.83 bits per heavy atom. The van der Waals surface area contributed by atoms with Crippen LogP contribution in [0.1, 0.15) is 35.7 Å². The molecule has 0 aliphatic heterocycles. The van der Waals surface area contributed by atoms with Crippen LogP contribution in [0.5, 0.6) is 11.5 Å². The Bertz CT molecular complexity index is 717. The molecule has 1 N–H and O–H groups in total. The number of hydrogen-bond acceptors (Lipinski definition) is 3. The van der Waals surface area contributed by atoms with Crippen LogP contribution in [0.2, 0.25) is 0 Å². The lowest BCUT2D eigenvalue weighted by Gasteiger charge is -2.15. The highest BCUT2D eigenvalue weighted by atomic mass is 19.3. The topological polar surface area (TPSA) is 47.6 Å². The average Bonchev–Trinajstić information content (AvgIpc) is 2.54. The number of carbonyl (C=O) groups is 1. The number of anilines is 1. The molecule has 0 heterocycles. The van der Waals surface area contributed by atoms with Gasteiger partial charge in [-0.25, -0.2) is 0 Å². The number of rotatable bonds is 6. The maximum absolute atomic E-state index is 12.6. The van der Waals surface area contributed by atoms with Crippen LogP contribution in [-0.2, 0) is 0 Å². The largest absolute Gasteiger partial charge is 0.493 e. The highest BCUT2D eigenvalue weighted by Gasteiger charge is 2.20. The summed E-state index contributed by atoms with van der Waals surface area (Å²) in [5.41, 5.74) is 1.61. The van der Waals surface area contributed by atoms with Gasteiger partial charge in [-0.05, 0) is 35.7 Å². The Morgan fingerprint density at radius 1 is 1.12 bits per heavy atom. The lowest BCUT2D eigenvalue weighted by molar-refractivity contribution is -0.0515. The third kappa shape index (κ3) is 4.22. The number of nitrogens with one attached hydrogen (secondary N) is 1. The summed E-state index contributed by atoms with van der Waals surface area (Å²) in [4.78, 5) is 12.5. The van der Waals surface area contributed by atoms with E-state index in [9.17, 15) is 13.6 Å². The van der Waals surface area contributed by atoms with Gasteiger partial charge in [0.25, 0.3) is 5.91 Å². The number of amides is 1. The lowest BCUT2D eigenvalue weighted by Crippen LogP contribution is -2.15. The first-order valence-corrected chi connectivity index (χ1v) is 7.45. The Labute approximate surface area is 139 Å². The van der Waals surface area contributed by atoms with Crippen molar-refractivity contribution >= 4 is 11.6 Å². The molecule has 0 bridgehead atoms. The molecule has 0 saturated heterocycles. The molecule has 0 atom stereocenters. The molecule has 0 spiro atoms. The molecule has 128 valence electrons. The molecule has 1 amide bonds. The molecule has 0 aliphatic carbocycles. The Kier molecular flexibility index (Phi) is 5.73. The molecule has 4 nitrogen and oxygen atoms in total. The fraction of sp³-hybridized carbons (Fsp3) is 0.278. The van der Waals surface area contributed by atoms with Crippen LogP contribution in [0.15, 0.2) is 42.5 Å². The quantitative estimate of drug-likeness (QED) is 0.834. The van der Waals surface area contributed by atoms with Crippen LogP contribution in [0.4, 0.5) is 14.5 Å². The van der Waals surface area contributed by atoms with Gasteiger partial charge in [0, 0.05) is 5.69 Å². The molecule has 0 saturated carbocycles. The molecular formula is C18H19F2NO3. The fourth-order valence-corrected chi connectivity index (χ4v) is 2.24. The van der Waals surface area contributed by atoms with E-state index in [-0.39, 0.29) is 17.1 Å². The third-order valence-electron chi connectivity index (χ3n) is 3.46. The van der Waals surface area contributed by atoms with Crippen LogP contribution >= 0.6 is 0 Å². The Morgan fingerprint density at radius 3 is 2.46 bits per heavy atom. The lowest BCUT2D eigenvalue weighted by atomic mass is 10.0. The van der Waals surface area contributed by atoms with Crippen molar-refractivity contribution in [1.82, 2.24) is 0 Å². The fourth-order valence-electron chi connectivity index (χ4n) is 2.24. The molecule has 2 aromatic carbocycles. The Hall–Kier alpha value is -2.63. The smallest absolute Gasteiger partial charge is 0.387 e. The van der Waals surface area contributed by atoms with Gasteiger partial charge in [-0.2, -0.15) is 8.78 Å². The number of methoxy groups -OCH3 is 1. The van der Waals surface area contributed by atoms with Gasteiger partial charge in [0.1, 0.15) is 0 Å². The minimum absolute atomic E-state index is 0.0235. The van der Waals surface area contributed by atoms with Gasteiger partial charge in [-0.15, -0.1) is 0 Å². The SMILES string of the molecule is COc1cccc(C(=O)Nc2cccc(C(C)C)c2)c1OC(F)F. The third-order valence-corrected chi connectivity index (χ3v) is 3.46. The first-order chi connectivity index (χ1) is 11.4. The van der Waals surface area contributed by atoms with E-state index >= 15 is 0 Å². The minimum atomic E-state index is -3.06. The summed E-state index contributed by atoms with van der Waals surface area (Å²) in [6.45, 7) is 1.02. The van der Waals surface area contributed by atoms with Crippen molar-refractivity contribution in [3.8, 4) is 11.5 Å². The monoisotopic (exact) mass is 335 g/mol. The number of ether oxygens (including phenoxy) is 2. The second kappa shape index (κ2) is 7.77. The summed E-state index contributed by atoms with van der Waals surface area (Å²) in [6.07, 6.45) is 0. The summed E-state index contributed by atoms with van der Waals surface area (Å²) < 4.78 is 34.7. The van der Waals surface area contributed by atoms with E-state index in [4.69, 9.17) is 4.74 Å². The zero-order valence-electron chi connectivity index (χ0n) is 13.7. The standard InChI is InChI=1S/C18H19F2NO3/c1-11(2)12-6-4-7-13(10-12)21-17(22)14-8-5-9-15(23-3)16(14)24-18(19)20/h4-11,18H,1-3H3,(H,21,22). The normalized spacial score (nSPS) is 10.8. The number of benzene rings is 2. The van der Waals surface area contributed by atoms with E-state index < -0.39 is 12.5 Å². The maximum Gasteiger partial charge on any atom is 0.387 e. The van der Waals surface area contributed by atoms with Gasteiger partial charge in [-0.3, -0.25) is 4.79 Å². The zero-order chi connectivity index (χ0) is 17.7. The van der Waals surface area contributed by atoms with E-state index in [1.807, 2.05) is 32.0 Å². The summed E-state index contributed by atoms with van der Waals surface area (Å²) in [5.74, 6) is -0.465. The first-order valence-electron chi connectivity index (χ1n) is 7.45. The summed E-state index contributed by atoms with van der Waals surface area (Å²) >= 11 is 0. The second-order valence-corrected chi connectivity index (χ2v) is 5.45. The van der Waals surface area contributed by atoms with Crippen LogP contribution in [-0.4, -0.2) is 19.6 Å². The number of alkyl halides is 2. The van der Waals surface area contributed by atoms with Gasteiger partial charge in [-0.1, -0.05) is 32.0 Å².